The van der Waals surface area contributed by atoms with Crippen molar-refractivity contribution in [1.82, 2.24) is 9.97 Å². The zero-order valence-corrected chi connectivity index (χ0v) is 20.4. The Morgan fingerprint density at radius 2 is 1.84 bits per heavy atom. The van der Waals surface area contributed by atoms with Crippen LogP contribution in [0.5, 0.6) is 0 Å². The maximum atomic E-state index is 13.9. The Balaban J connectivity index is 1.75. The van der Waals surface area contributed by atoms with Crippen LogP contribution in [0, 0.1) is 0 Å². The second kappa shape index (κ2) is 9.76. The zero-order chi connectivity index (χ0) is 22.0. The maximum absolute atomic E-state index is 13.9. The van der Waals surface area contributed by atoms with Crippen molar-refractivity contribution in [1.29, 1.82) is 0 Å². The lowest BCUT2D eigenvalue weighted by molar-refractivity contribution is 0.0965. The van der Waals surface area contributed by atoms with Gasteiger partial charge in [-0.25, -0.2) is 4.98 Å². The van der Waals surface area contributed by atoms with Crippen LogP contribution in [0.1, 0.15) is 55.2 Å². The van der Waals surface area contributed by atoms with E-state index in [4.69, 9.17) is 28.2 Å². The van der Waals surface area contributed by atoms with Crippen LogP contribution in [-0.2, 0) is 6.42 Å². The molecule has 2 aromatic carbocycles. The summed E-state index contributed by atoms with van der Waals surface area (Å²) < 4.78 is 0.987. The highest BCUT2D eigenvalue weighted by atomic mass is 79.9. The SMILES string of the molecule is CCc1[nH]c(-c2ccc(Cl)cc2Cl)nc1C(=O)N(c1ccc(Br)cc1)C1CCCCC1. The van der Waals surface area contributed by atoms with Gasteiger partial charge in [-0.2, -0.15) is 0 Å². The third-order valence-corrected chi connectivity index (χ3v) is 6.86. The maximum Gasteiger partial charge on any atom is 0.279 e. The number of aryl methyl sites for hydroxylation is 1. The van der Waals surface area contributed by atoms with Gasteiger partial charge in [-0.15, -0.1) is 0 Å². The molecule has 7 heteroatoms. The number of imidazole rings is 1. The first-order valence-corrected chi connectivity index (χ1v) is 12.2. The van der Waals surface area contributed by atoms with E-state index in [1.807, 2.05) is 42.2 Å². The van der Waals surface area contributed by atoms with Gasteiger partial charge in [0, 0.05) is 32.5 Å². The van der Waals surface area contributed by atoms with E-state index in [-0.39, 0.29) is 11.9 Å². The monoisotopic (exact) mass is 519 g/mol. The van der Waals surface area contributed by atoms with Crippen molar-refractivity contribution < 1.29 is 4.79 Å². The van der Waals surface area contributed by atoms with E-state index in [1.54, 1.807) is 12.1 Å². The van der Waals surface area contributed by atoms with E-state index in [2.05, 4.69) is 20.9 Å². The van der Waals surface area contributed by atoms with Gasteiger partial charge in [-0.1, -0.05) is 65.3 Å². The molecule has 0 spiro atoms. The number of hydrogen-bond donors (Lipinski definition) is 1. The molecule has 4 nitrogen and oxygen atoms in total. The molecule has 4 rings (SSSR count). The summed E-state index contributed by atoms with van der Waals surface area (Å²) in [7, 11) is 0. The number of aromatic amines is 1. The summed E-state index contributed by atoms with van der Waals surface area (Å²) in [6.07, 6.45) is 6.17. The number of carbonyl (C=O) groups is 1. The highest BCUT2D eigenvalue weighted by Crippen LogP contribution is 2.33. The minimum Gasteiger partial charge on any atom is -0.341 e. The largest absolute Gasteiger partial charge is 0.341 e. The lowest BCUT2D eigenvalue weighted by Gasteiger charge is -2.34. The van der Waals surface area contributed by atoms with E-state index in [9.17, 15) is 4.79 Å². The summed E-state index contributed by atoms with van der Waals surface area (Å²) in [4.78, 5) is 23.8. The van der Waals surface area contributed by atoms with E-state index >= 15 is 0 Å². The van der Waals surface area contributed by atoms with Crippen molar-refractivity contribution in [2.24, 2.45) is 0 Å². The highest BCUT2D eigenvalue weighted by molar-refractivity contribution is 9.10. The molecular formula is C24H24BrCl2N3O. The van der Waals surface area contributed by atoms with Crippen LogP contribution in [0.25, 0.3) is 11.4 Å². The normalized spacial score (nSPS) is 14.6. The summed E-state index contributed by atoms with van der Waals surface area (Å²) in [6, 6.07) is 13.4. The number of anilines is 1. The third-order valence-electron chi connectivity index (χ3n) is 5.78. The lowest BCUT2D eigenvalue weighted by Crippen LogP contribution is -2.42. The van der Waals surface area contributed by atoms with Crippen LogP contribution in [0.2, 0.25) is 10.0 Å². The van der Waals surface area contributed by atoms with E-state index in [1.165, 1.54) is 6.42 Å². The number of nitrogens with one attached hydrogen (secondary N) is 1. The predicted octanol–water partition coefficient (Wildman–Crippen LogP) is 7.69. The van der Waals surface area contributed by atoms with Crippen molar-refractivity contribution in [3.63, 3.8) is 0 Å². The van der Waals surface area contributed by atoms with E-state index in [0.29, 0.717) is 28.0 Å². The van der Waals surface area contributed by atoms with E-state index < -0.39 is 0 Å². The molecule has 1 aliphatic carbocycles. The Labute approximate surface area is 201 Å². The highest BCUT2D eigenvalue weighted by Gasteiger charge is 2.31. The topological polar surface area (TPSA) is 49.0 Å². The average Bonchev–Trinajstić information content (AvgIpc) is 3.20. The smallest absolute Gasteiger partial charge is 0.279 e. The van der Waals surface area contributed by atoms with Crippen LogP contribution in [0.4, 0.5) is 5.69 Å². The number of benzene rings is 2. The molecule has 1 N–H and O–H groups in total. The molecule has 1 aromatic heterocycles. The first-order chi connectivity index (χ1) is 15.0. The van der Waals surface area contributed by atoms with E-state index in [0.717, 1.165) is 47.1 Å². The molecule has 1 aliphatic rings. The van der Waals surface area contributed by atoms with Gasteiger partial charge >= 0.3 is 0 Å². The number of carbonyl (C=O) groups excluding carboxylic acids is 1. The first-order valence-electron chi connectivity index (χ1n) is 10.6. The number of amides is 1. The Bertz CT molecular complexity index is 1070. The Kier molecular flexibility index (Phi) is 7.05. The fourth-order valence-electron chi connectivity index (χ4n) is 4.20. The predicted molar refractivity (Wildman–Crippen MR) is 131 cm³/mol. The number of aromatic nitrogens is 2. The quantitative estimate of drug-likeness (QED) is 0.374. The van der Waals surface area contributed by atoms with Crippen LogP contribution in [-0.4, -0.2) is 21.9 Å². The number of H-pyrrole nitrogens is 1. The van der Waals surface area contributed by atoms with Gasteiger partial charge < -0.3 is 9.88 Å². The molecule has 0 radical (unpaired) electrons. The van der Waals surface area contributed by atoms with Crippen molar-refractivity contribution in [2.75, 3.05) is 4.90 Å². The number of hydrogen-bond acceptors (Lipinski definition) is 2. The molecule has 0 unspecified atom stereocenters. The second-order valence-corrected chi connectivity index (χ2v) is 9.59. The fourth-order valence-corrected chi connectivity index (χ4v) is 4.96. The molecule has 31 heavy (non-hydrogen) atoms. The minimum absolute atomic E-state index is 0.0707. The summed E-state index contributed by atoms with van der Waals surface area (Å²) in [5.41, 5.74) is 2.89. The van der Waals surface area contributed by atoms with Gasteiger partial charge in [0.15, 0.2) is 0 Å². The van der Waals surface area contributed by atoms with Crippen LogP contribution < -0.4 is 4.90 Å². The van der Waals surface area contributed by atoms with Crippen LogP contribution in [0.15, 0.2) is 46.9 Å². The van der Waals surface area contributed by atoms with Gasteiger partial charge in [-0.3, -0.25) is 4.79 Å². The summed E-state index contributed by atoms with van der Waals surface area (Å²) >= 11 is 15.9. The number of halogens is 3. The summed E-state index contributed by atoms with van der Waals surface area (Å²) in [5, 5.41) is 1.06. The molecule has 0 bridgehead atoms. The molecule has 0 atom stereocenters. The van der Waals surface area contributed by atoms with Crippen molar-refractivity contribution in [3.05, 3.63) is 68.4 Å². The number of rotatable bonds is 5. The molecule has 3 aromatic rings. The summed E-state index contributed by atoms with van der Waals surface area (Å²) in [5.74, 6) is 0.514. The Morgan fingerprint density at radius 1 is 1.13 bits per heavy atom. The molecule has 162 valence electrons. The van der Waals surface area contributed by atoms with Crippen LogP contribution >= 0.6 is 39.1 Å². The lowest BCUT2D eigenvalue weighted by atomic mass is 9.93. The van der Waals surface area contributed by atoms with Gasteiger partial charge in [0.05, 0.1) is 5.02 Å². The molecule has 1 fully saturated rings. The molecule has 0 saturated heterocycles. The van der Waals surface area contributed by atoms with Gasteiger partial charge in [0.1, 0.15) is 11.5 Å². The van der Waals surface area contributed by atoms with Crippen molar-refractivity contribution in [2.45, 2.75) is 51.5 Å². The first kappa shape index (κ1) is 22.4. The molecule has 0 aliphatic heterocycles. The summed E-state index contributed by atoms with van der Waals surface area (Å²) in [6.45, 7) is 2.02. The molecular weight excluding hydrogens is 497 g/mol. The minimum atomic E-state index is -0.0707. The van der Waals surface area contributed by atoms with Gasteiger partial charge in [-0.05, 0) is 61.7 Å². The Morgan fingerprint density at radius 3 is 2.48 bits per heavy atom. The third kappa shape index (κ3) is 4.84. The molecule has 1 saturated carbocycles. The Hall–Kier alpha value is -1.82. The van der Waals surface area contributed by atoms with Crippen molar-refractivity contribution >= 4 is 50.7 Å². The average molecular weight is 521 g/mol. The van der Waals surface area contributed by atoms with Gasteiger partial charge in [0.2, 0.25) is 0 Å². The van der Waals surface area contributed by atoms with Crippen molar-refractivity contribution in [3.8, 4) is 11.4 Å². The number of nitrogens with zero attached hydrogens (tertiary/aromatic N) is 2. The zero-order valence-electron chi connectivity index (χ0n) is 17.3. The standard InChI is InChI=1S/C24H24BrCl2N3O/c1-2-21-22(29-23(28-21)19-13-10-16(26)14-20(19)27)24(31)30(17-6-4-3-5-7-17)18-11-8-15(25)9-12-18/h8-14,17H,2-7H2,1H3,(H,28,29). The fraction of sp³-hybridized carbons (Fsp3) is 0.333. The van der Waals surface area contributed by atoms with Crippen LogP contribution in [0.3, 0.4) is 0 Å². The second-order valence-electron chi connectivity index (χ2n) is 7.83. The molecule has 1 amide bonds. The molecule has 1 heterocycles. The van der Waals surface area contributed by atoms with Gasteiger partial charge in [0.25, 0.3) is 5.91 Å².